The number of aromatic nitrogens is 1. The van der Waals surface area contributed by atoms with Gasteiger partial charge in [0.05, 0.1) is 18.6 Å². The number of carboxylic acids is 1. The van der Waals surface area contributed by atoms with Crippen molar-refractivity contribution < 1.29 is 60.3 Å². The number of aliphatic hydroxyl groups excluding tert-OH is 2. The maximum Gasteiger partial charge on any atom is 1.00 e. The Bertz CT molecular complexity index is 1610. The molecule has 1 amide bonds. The van der Waals surface area contributed by atoms with Crippen LogP contribution in [0.25, 0.3) is 22.3 Å². The maximum atomic E-state index is 14.3. The van der Waals surface area contributed by atoms with Gasteiger partial charge >= 0.3 is 35.5 Å². The number of amides is 1. The van der Waals surface area contributed by atoms with Gasteiger partial charge in [-0.15, -0.1) is 0 Å². The van der Waals surface area contributed by atoms with Crippen LogP contribution in [0.4, 0.5) is 4.39 Å². The zero-order valence-corrected chi connectivity index (χ0v) is 29.9. The third kappa shape index (κ3) is 10.3. The maximum absolute atomic E-state index is 14.3. The number of carbonyl (C=O) groups is 2. The molecular formula is C37H45FN3NaO5. The molecule has 2 unspecified atom stereocenters. The average Bonchev–Trinajstić information content (AvgIpc) is 3.35. The predicted molar refractivity (Wildman–Crippen MR) is 179 cm³/mol. The number of hydrogen-bond donors (Lipinski definition) is 4. The molecule has 0 aliphatic carbocycles. The quantitative estimate of drug-likeness (QED) is 0.147. The van der Waals surface area contributed by atoms with Gasteiger partial charge in [0.1, 0.15) is 11.5 Å². The standard InChI is InChI=1S/C37H44FN3O5.Na.H/c1-24(2)41-32(19-18-30(42)20-31(43)21-33(44)45)34(28-14-16-29(38)17-15-28)35(27-8-6-5-7-9-27)36(41)37(46)39-22-25-10-12-26(13-11-25)23-40(3)4;;/h5-17,24,30-31,42-43H,18-23H2,1-4H3,(H,39,46)(H,44,45);;/q;+1;-1. The second-order valence-electron chi connectivity index (χ2n) is 12.3. The Hall–Kier alpha value is -3.31. The second-order valence-corrected chi connectivity index (χ2v) is 12.3. The van der Waals surface area contributed by atoms with E-state index in [1.165, 1.54) is 17.7 Å². The van der Waals surface area contributed by atoms with Crippen molar-refractivity contribution in [1.29, 1.82) is 0 Å². The zero-order valence-electron chi connectivity index (χ0n) is 28.9. The summed E-state index contributed by atoms with van der Waals surface area (Å²) < 4.78 is 16.1. The molecule has 8 nitrogen and oxygen atoms in total. The summed E-state index contributed by atoms with van der Waals surface area (Å²) >= 11 is 0. The Labute approximate surface area is 300 Å². The smallest absolute Gasteiger partial charge is 1.00 e. The fraction of sp³-hybridized carbons (Fsp3) is 0.351. The van der Waals surface area contributed by atoms with Crippen molar-refractivity contribution in [2.75, 3.05) is 14.1 Å². The fourth-order valence-corrected chi connectivity index (χ4v) is 5.90. The van der Waals surface area contributed by atoms with Gasteiger partial charge in [-0.2, -0.15) is 0 Å². The molecule has 0 bridgehead atoms. The van der Waals surface area contributed by atoms with E-state index in [2.05, 4.69) is 22.3 Å². The van der Waals surface area contributed by atoms with E-state index in [9.17, 15) is 24.2 Å². The van der Waals surface area contributed by atoms with Crippen LogP contribution in [-0.2, 0) is 24.3 Å². The predicted octanol–water partition coefficient (Wildman–Crippen LogP) is 3.17. The molecule has 47 heavy (non-hydrogen) atoms. The van der Waals surface area contributed by atoms with Gasteiger partial charge in [0, 0.05) is 36.0 Å². The monoisotopic (exact) mass is 653 g/mol. The van der Waals surface area contributed by atoms with E-state index in [4.69, 9.17) is 5.11 Å². The fourth-order valence-electron chi connectivity index (χ4n) is 5.90. The molecule has 4 N–H and O–H groups in total. The number of carbonyl (C=O) groups excluding carboxylic acids is 1. The third-order valence-electron chi connectivity index (χ3n) is 7.88. The summed E-state index contributed by atoms with van der Waals surface area (Å²) in [4.78, 5) is 27.4. The van der Waals surface area contributed by atoms with Crippen LogP contribution in [0.15, 0.2) is 78.9 Å². The van der Waals surface area contributed by atoms with Crippen molar-refractivity contribution in [2.24, 2.45) is 0 Å². The first-order chi connectivity index (χ1) is 21.9. The minimum Gasteiger partial charge on any atom is -1.00 e. The molecule has 0 fully saturated rings. The molecule has 1 heterocycles. The minimum atomic E-state index is -1.18. The van der Waals surface area contributed by atoms with E-state index >= 15 is 0 Å². The van der Waals surface area contributed by atoms with Crippen molar-refractivity contribution >= 4 is 11.9 Å². The Morgan fingerprint density at radius 1 is 0.872 bits per heavy atom. The van der Waals surface area contributed by atoms with E-state index in [-0.39, 0.29) is 61.6 Å². The van der Waals surface area contributed by atoms with Crippen LogP contribution in [0.5, 0.6) is 0 Å². The summed E-state index contributed by atoms with van der Waals surface area (Å²) in [6, 6.07) is 23.7. The van der Waals surface area contributed by atoms with Crippen molar-refractivity contribution in [3.05, 3.63) is 107 Å². The Balaban J connectivity index is 0.00000400. The van der Waals surface area contributed by atoms with Crippen LogP contribution >= 0.6 is 0 Å². The van der Waals surface area contributed by atoms with E-state index in [0.29, 0.717) is 24.2 Å². The van der Waals surface area contributed by atoms with Gasteiger partial charge in [0.25, 0.3) is 5.91 Å². The molecule has 4 aromatic rings. The first-order valence-corrected chi connectivity index (χ1v) is 15.6. The molecule has 0 radical (unpaired) electrons. The van der Waals surface area contributed by atoms with E-state index in [0.717, 1.165) is 34.5 Å². The van der Waals surface area contributed by atoms with Gasteiger partial charge in [-0.1, -0.05) is 66.7 Å². The number of nitrogens with one attached hydrogen (secondary N) is 1. The topological polar surface area (TPSA) is 115 Å². The summed E-state index contributed by atoms with van der Waals surface area (Å²) in [6.07, 6.45) is -2.16. The van der Waals surface area contributed by atoms with E-state index in [1.54, 1.807) is 12.1 Å². The first-order valence-electron chi connectivity index (χ1n) is 15.6. The minimum absolute atomic E-state index is 0. The van der Waals surface area contributed by atoms with Gasteiger partial charge in [0.2, 0.25) is 0 Å². The van der Waals surface area contributed by atoms with Gasteiger partial charge in [-0.05, 0) is 81.6 Å². The van der Waals surface area contributed by atoms with Crippen molar-refractivity contribution in [2.45, 2.75) is 70.9 Å². The molecule has 0 aliphatic heterocycles. The Morgan fingerprint density at radius 3 is 2.04 bits per heavy atom. The number of hydrogen-bond acceptors (Lipinski definition) is 5. The van der Waals surface area contributed by atoms with Crippen molar-refractivity contribution in [3.8, 4) is 22.3 Å². The molecule has 3 aromatic carbocycles. The number of aliphatic carboxylic acids is 1. The Morgan fingerprint density at radius 2 is 1.47 bits per heavy atom. The normalized spacial score (nSPS) is 12.5. The van der Waals surface area contributed by atoms with Crippen LogP contribution in [0.3, 0.4) is 0 Å². The summed E-state index contributed by atoms with van der Waals surface area (Å²) in [5, 5.41) is 33.1. The Kier molecular flexibility index (Phi) is 14.4. The van der Waals surface area contributed by atoms with Crippen LogP contribution < -0.4 is 34.9 Å². The SMILES string of the molecule is CC(C)n1c(CCC(O)CC(O)CC(=O)O)c(-c2ccc(F)cc2)c(-c2ccccc2)c1C(=O)NCc1ccc(CN(C)C)cc1.[H-].[Na+]. The van der Waals surface area contributed by atoms with Crippen LogP contribution in [0.1, 0.15) is 67.9 Å². The molecule has 0 spiro atoms. The molecule has 2 atom stereocenters. The van der Waals surface area contributed by atoms with Gasteiger partial charge in [-0.3, -0.25) is 9.59 Å². The molecule has 10 heteroatoms. The number of nitrogens with zero attached hydrogens (tertiary/aromatic N) is 2. The number of benzene rings is 3. The molecule has 246 valence electrons. The largest absolute Gasteiger partial charge is 1.00 e. The summed E-state index contributed by atoms with van der Waals surface area (Å²) in [6.45, 7) is 5.11. The zero-order chi connectivity index (χ0) is 33.4. The molecular weight excluding hydrogens is 608 g/mol. The first kappa shape index (κ1) is 38.1. The number of rotatable bonds is 15. The van der Waals surface area contributed by atoms with Crippen LogP contribution in [0.2, 0.25) is 0 Å². The molecule has 0 saturated carbocycles. The third-order valence-corrected chi connectivity index (χ3v) is 7.88. The molecule has 0 aliphatic rings. The van der Waals surface area contributed by atoms with Gasteiger partial charge in [0.15, 0.2) is 0 Å². The second kappa shape index (κ2) is 17.7. The summed E-state index contributed by atoms with van der Waals surface area (Å²) in [5.74, 6) is -1.79. The van der Waals surface area contributed by atoms with Crippen LogP contribution in [0, 0.1) is 5.82 Å². The van der Waals surface area contributed by atoms with Crippen molar-refractivity contribution in [1.82, 2.24) is 14.8 Å². The number of halogens is 1. The van der Waals surface area contributed by atoms with E-state index in [1.807, 2.05) is 75.0 Å². The summed E-state index contributed by atoms with van der Waals surface area (Å²) in [7, 11) is 4.03. The van der Waals surface area contributed by atoms with Crippen LogP contribution in [-0.4, -0.2) is 63.0 Å². The number of carboxylic acid groups (broad SMARTS) is 1. The molecule has 1 aromatic heterocycles. The summed E-state index contributed by atoms with van der Waals surface area (Å²) in [5.41, 5.74) is 6.38. The van der Waals surface area contributed by atoms with Gasteiger partial charge in [-0.25, -0.2) is 4.39 Å². The number of aliphatic hydroxyl groups is 2. The van der Waals surface area contributed by atoms with Gasteiger partial charge < -0.3 is 31.5 Å². The molecule has 0 saturated heterocycles. The van der Waals surface area contributed by atoms with E-state index < -0.39 is 24.6 Å². The molecule has 4 rings (SSSR count). The average molecular weight is 654 g/mol. The van der Waals surface area contributed by atoms with Crippen molar-refractivity contribution in [3.63, 3.8) is 0 Å².